The van der Waals surface area contributed by atoms with Gasteiger partial charge in [-0.1, -0.05) is 0 Å². The van der Waals surface area contributed by atoms with E-state index in [0.717, 1.165) is 13.2 Å². The van der Waals surface area contributed by atoms with Crippen LogP contribution in [0.4, 0.5) is 14.5 Å². The van der Waals surface area contributed by atoms with E-state index in [4.69, 9.17) is 0 Å². The first kappa shape index (κ1) is 14.8. The molecule has 21 heavy (non-hydrogen) atoms. The third kappa shape index (κ3) is 3.31. The van der Waals surface area contributed by atoms with Crippen LogP contribution >= 0.6 is 0 Å². The van der Waals surface area contributed by atoms with Gasteiger partial charge >= 0.3 is 5.97 Å². The Morgan fingerprint density at radius 2 is 2.05 bits per heavy atom. The van der Waals surface area contributed by atoms with Crippen molar-refractivity contribution in [2.75, 3.05) is 12.4 Å². The van der Waals surface area contributed by atoms with E-state index in [1.54, 1.807) is 6.92 Å². The normalized spacial score (nSPS) is 11.8. The molecule has 1 atom stereocenters. The topological polar surface area (TPSA) is 64.1 Å². The number of aromatic nitrogens is 2. The van der Waals surface area contributed by atoms with Crippen molar-refractivity contribution < 1.29 is 18.3 Å². The summed E-state index contributed by atoms with van der Waals surface area (Å²) in [5.41, 5.74) is 0.226. The van der Waals surface area contributed by atoms with Gasteiger partial charge < -0.3 is 10.1 Å². The lowest BCUT2D eigenvalue weighted by atomic mass is 10.1. The van der Waals surface area contributed by atoms with Crippen molar-refractivity contribution in [1.82, 2.24) is 9.97 Å². The van der Waals surface area contributed by atoms with E-state index in [-0.39, 0.29) is 17.3 Å². The molecule has 0 bridgehead atoms. The highest BCUT2D eigenvalue weighted by Gasteiger charge is 2.18. The molecule has 1 aromatic carbocycles. The Balaban J connectivity index is 2.29. The lowest BCUT2D eigenvalue weighted by molar-refractivity contribution is 0.0595. The Hall–Kier alpha value is -2.57. The molecule has 0 aliphatic carbocycles. The molecular formula is C14H13F2N3O2. The Bertz CT molecular complexity index is 650. The van der Waals surface area contributed by atoms with Crippen LogP contribution in [0.1, 0.15) is 29.0 Å². The quantitative estimate of drug-likeness (QED) is 0.878. The first-order valence-corrected chi connectivity index (χ1v) is 6.12. The fourth-order valence-corrected chi connectivity index (χ4v) is 1.77. The highest BCUT2D eigenvalue weighted by Crippen LogP contribution is 2.24. The molecule has 0 radical (unpaired) electrons. The number of nitrogens with zero attached hydrogens (tertiary/aromatic N) is 2. The highest BCUT2D eigenvalue weighted by molar-refractivity contribution is 5.90. The molecular weight excluding hydrogens is 280 g/mol. The van der Waals surface area contributed by atoms with Crippen LogP contribution in [0.15, 0.2) is 30.7 Å². The predicted molar refractivity (Wildman–Crippen MR) is 71.8 cm³/mol. The van der Waals surface area contributed by atoms with Crippen LogP contribution in [0.25, 0.3) is 0 Å². The van der Waals surface area contributed by atoms with E-state index in [2.05, 4.69) is 20.0 Å². The van der Waals surface area contributed by atoms with Gasteiger partial charge in [0.1, 0.15) is 11.6 Å². The molecule has 1 heterocycles. The molecule has 0 amide bonds. The second-order valence-electron chi connectivity index (χ2n) is 4.30. The van der Waals surface area contributed by atoms with Crippen LogP contribution in [0.3, 0.4) is 0 Å². The summed E-state index contributed by atoms with van der Waals surface area (Å²) in [6.45, 7) is 1.74. The highest BCUT2D eigenvalue weighted by atomic mass is 19.1. The Kier molecular flexibility index (Phi) is 4.42. The third-order valence-electron chi connectivity index (χ3n) is 2.86. The van der Waals surface area contributed by atoms with Crippen LogP contribution < -0.4 is 5.32 Å². The van der Waals surface area contributed by atoms with Crippen molar-refractivity contribution in [2.45, 2.75) is 13.0 Å². The second kappa shape index (κ2) is 6.25. The van der Waals surface area contributed by atoms with Gasteiger partial charge in [-0.25, -0.2) is 13.6 Å². The number of halogens is 2. The van der Waals surface area contributed by atoms with Gasteiger partial charge in [0, 0.05) is 18.5 Å². The molecule has 110 valence electrons. The van der Waals surface area contributed by atoms with Gasteiger partial charge in [-0.3, -0.25) is 9.97 Å². The van der Waals surface area contributed by atoms with Crippen LogP contribution in [-0.4, -0.2) is 23.0 Å². The van der Waals surface area contributed by atoms with Crippen molar-refractivity contribution in [1.29, 1.82) is 0 Å². The number of carbonyl (C=O) groups excluding carboxylic acids is 1. The summed E-state index contributed by atoms with van der Waals surface area (Å²) in [5.74, 6) is -2.66. The first-order chi connectivity index (χ1) is 10.0. The fourth-order valence-electron chi connectivity index (χ4n) is 1.77. The summed E-state index contributed by atoms with van der Waals surface area (Å²) in [6.07, 6.45) is 4.55. The maximum absolute atomic E-state index is 13.8. The zero-order chi connectivity index (χ0) is 15.4. The second-order valence-corrected chi connectivity index (χ2v) is 4.30. The molecule has 0 aliphatic heterocycles. The number of nitrogens with one attached hydrogen (secondary N) is 1. The number of carbonyl (C=O) groups is 1. The third-order valence-corrected chi connectivity index (χ3v) is 2.86. The van der Waals surface area contributed by atoms with Crippen molar-refractivity contribution in [3.63, 3.8) is 0 Å². The molecule has 0 aliphatic rings. The van der Waals surface area contributed by atoms with Gasteiger partial charge in [0.25, 0.3) is 0 Å². The molecule has 1 aromatic heterocycles. The number of anilines is 1. The summed E-state index contributed by atoms with van der Waals surface area (Å²) in [4.78, 5) is 19.4. The zero-order valence-electron chi connectivity index (χ0n) is 11.4. The van der Waals surface area contributed by atoms with E-state index >= 15 is 0 Å². The molecule has 0 saturated carbocycles. The monoisotopic (exact) mass is 293 g/mol. The summed E-state index contributed by atoms with van der Waals surface area (Å²) >= 11 is 0. The van der Waals surface area contributed by atoms with Crippen molar-refractivity contribution in [3.8, 4) is 0 Å². The zero-order valence-corrected chi connectivity index (χ0v) is 11.4. The largest absolute Gasteiger partial charge is 0.465 e. The van der Waals surface area contributed by atoms with Gasteiger partial charge in [-0.2, -0.15) is 0 Å². The Morgan fingerprint density at radius 3 is 2.67 bits per heavy atom. The molecule has 1 N–H and O–H groups in total. The van der Waals surface area contributed by atoms with Crippen molar-refractivity contribution in [2.24, 2.45) is 0 Å². The van der Waals surface area contributed by atoms with Crippen LogP contribution in [0, 0.1) is 11.6 Å². The fraction of sp³-hybridized carbons (Fsp3) is 0.214. The van der Waals surface area contributed by atoms with Crippen LogP contribution in [0.2, 0.25) is 0 Å². The number of ether oxygens (including phenoxy) is 1. The maximum atomic E-state index is 13.8. The number of esters is 1. The average Bonchev–Trinajstić information content (AvgIpc) is 2.50. The van der Waals surface area contributed by atoms with Gasteiger partial charge in [0.05, 0.1) is 36.3 Å². The van der Waals surface area contributed by atoms with E-state index in [1.165, 1.54) is 18.6 Å². The van der Waals surface area contributed by atoms with E-state index in [0.29, 0.717) is 11.8 Å². The Labute approximate surface area is 120 Å². The summed E-state index contributed by atoms with van der Waals surface area (Å²) < 4.78 is 31.8. The van der Waals surface area contributed by atoms with E-state index in [9.17, 15) is 13.6 Å². The maximum Gasteiger partial charge on any atom is 0.340 e. The summed E-state index contributed by atoms with van der Waals surface area (Å²) in [7, 11) is 1.13. The number of methoxy groups -OCH3 is 1. The summed E-state index contributed by atoms with van der Waals surface area (Å²) in [5, 5.41) is 2.82. The molecule has 2 aromatic rings. The smallest absolute Gasteiger partial charge is 0.340 e. The number of rotatable bonds is 4. The molecule has 7 heteroatoms. The minimum absolute atomic E-state index is 0.0186. The van der Waals surface area contributed by atoms with Crippen molar-refractivity contribution in [3.05, 3.63) is 53.6 Å². The predicted octanol–water partition coefficient (Wildman–Crippen LogP) is 2.71. The molecule has 2 rings (SSSR count). The van der Waals surface area contributed by atoms with Gasteiger partial charge in [-0.05, 0) is 13.0 Å². The average molecular weight is 293 g/mol. The van der Waals surface area contributed by atoms with Gasteiger partial charge in [0.2, 0.25) is 0 Å². The summed E-state index contributed by atoms with van der Waals surface area (Å²) in [6, 6.07) is 1.34. The Morgan fingerprint density at radius 1 is 1.29 bits per heavy atom. The van der Waals surface area contributed by atoms with E-state index in [1.807, 2.05) is 0 Å². The molecule has 0 saturated heterocycles. The lowest BCUT2D eigenvalue weighted by Crippen LogP contribution is -2.12. The minimum Gasteiger partial charge on any atom is -0.465 e. The lowest BCUT2D eigenvalue weighted by Gasteiger charge is -2.15. The number of hydrogen-bond donors (Lipinski definition) is 1. The van der Waals surface area contributed by atoms with Crippen LogP contribution in [-0.2, 0) is 4.74 Å². The molecule has 0 fully saturated rings. The van der Waals surface area contributed by atoms with Gasteiger partial charge in [0.15, 0.2) is 0 Å². The van der Waals surface area contributed by atoms with Gasteiger partial charge in [-0.15, -0.1) is 0 Å². The van der Waals surface area contributed by atoms with E-state index < -0.39 is 17.6 Å². The number of hydrogen-bond acceptors (Lipinski definition) is 5. The standard InChI is InChI=1S/C14H13F2N3O2/c1-8(13-7-17-3-4-18-13)19-12-5-9(14(20)21-2)10(15)6-11(12)16/h3-8,19H,1-2H3. The first-order valence-electron chi connectivity index (χ1n) is 6.12. The molecule has 1 unspecified atom stereocenters. The SMILES string of the molecule is COC(=O)c1cc(NC(C)c2cnccn2)c(F)cc1F. The molecule has 5 nitrogen and oxygen atoms in total. The number of benzene rings is 1. The molecule has 0 spiro atoms. The van der Waals surface area contributed by atoms with Crippen LogP contribution in [0.5, 0.6) is 0 Å². The minimum atomic E-state index is -0.975. The van der Waals surface area contributed by atoms with Crippen molar-refractivity contribution >= 4 is 11.7 Å².